The van der Waals surface area contributed by atoms with Crippen LogP contribution < -0.4 is 5.32 Å². The predicted octanol–water partition coefficient (Wildman–Crippen LogP) is 3.42. The average molecular weight is 252 g/mol. The summed E-state index contributed by atoms with van der Waals surface area (Å²) in [5, 5.41) is 3.79. The molecule has 2 nitrogen and oxygen atoms in total. The van der Waals surface area contributed by atoms with E-state index in [0.29, 0.717) is 0 Å². The van der Waals surface area contributed by atoms with Crippen LogP contribution in [-0.4, -0.2) is 37.1 Å². The van der Waals surface area contributed by atoms with E-state index in [1.165, 1.54) is 84.0 Å². The maximum Gasteiger partial charge on any atom is 0.0107 e. The lowest BCUT2D eigenvalue weighted by molar-refractivity contribution is 0.180. The largest absolute Gasteiger partial charge is 0.313 e. The van der Waals surface area contributed by atoms with Crippen molar-refractivity contribution >= 4 is 0 Å². The van der Waals surface area contributed by atoms with E-state index < -0.39 is 0 Å². The molecule has 0 aromatic rings. The normalized spacial score (nSPS) is 25.2. The van der Waals surface area contributed by atoms with Crippen LogP contribution in [0.4, 0.5) is 0 Å². The Morgan fingerprint density at radius 2 is 1.61 bits per heavy atom. The number of hydrogen-bond donors (Lipinski definition) is 1. The second-order valence-electron chi connectivity index (χ2n) is 6.34. The fourth-order valence-corrected chi connectivity index (χ4v) is 3.53. The molecule has 0 unspecified atom stereocenters. The first kappa shape index (κ1) is 14.3. The van der Waals surface area contributed by atoms with Crippen molar-refractivity contribution in [3.8, 4) is 0 Å². The van der Waals surface area contributed by atoms with Crippen molar-refractivity contribution in [2.45, 2.75) is 70.8 Å². The van der Waals surface area contributed by atoms with Crippen LogP contribution in [0.25, 0.3) is 0 Å². The molecule has 106 valence electrons. The molecule has 1 aliphatic heterocycles. The SMILES string of the molecule is CCC1CCN(CCNC2CCCCCC2)CC1. The summed E-state index contributed by atoms with van der Waals surface area (Å²) < 4.78 is 0. The van der Waals surface area contributed by atoms with Crippen molar-refractivity contribution in [1.82, 2.24) is 10.2 Å². The molecule has 1 saturated heterocycles. The van der Waals surface area contributed by atoms with Crippen molar-refractivity contribution in [2.75, 3.05) is 26.2 Å². The van der Waals surface area contributed by atoms with Crippen LogP contribution >= 0.6 is 0 Å². The Kier molecular flexibility index (Phi) is 6.50. The summed E-state index contributed by atoms with van der Waals surface area (Å²) in [4.78, 5) is 2.66. The summed E-state index contributed by atoms with van der Waals surface area (Å²) in [5.74, 6) is 1.01. The third kappa shape index (κ3) is 4.89. The number of nitrogens with one attached hydrogen (secondary N) is 1. The second kappa shape index (κ2) is 8.16. The quantitative estimate of drug-likeness (QED) is 0.754. The van der Waals surface area contributed by atoms with Crippen LogP contribution in [-0.2, 0) is 0 Å². The van der Waals surface area contributed by atoms with E-state index in [1.54, 1.807) is 0 Å². The van der Waals surface area contributed by atoms with Crippen LogP contribution in [0, 0.1) is 5.92 Å². The van der Waals surface area contributed by atoms with Crippen molar-refractivity contribution in [1.29, 1.82) is 0 Å². The Bertz CT molecular complexity index is 201. The summed E-state index contributed by atoms with van der Waals surface area (Å²) in [7, 11) is 0. The van der Waals surface area contributed by atoms with Gasteiger partial charge in [-0.3, -0.25) is 0 Å². The number of piperidine rings is 1. The molecule has 2 aliphatic rings. The molecule has 1 aliphatic carbocycles. The Morgan fingerprint density at radius 3 is 2.22 bits per heavy atom. The zero-order valence-electron chi connectivity index (χ0n) is 12.3. The molecular formula is C16H32N2. The van der Waals surface area contributed by atoms with Gasteiger partial charge in [0.2, 0.25) is 0 Å². The molecule has 0 atom stereocenters. The van der Waals surface area contributed by atoms with Gasteiger partial charge in [-0.2, -0.15) is 0 Å². The number of nitrogens with zero attached hydrogens (tertiary/aromatic N) is 1. The van der Waals surface area contributed by atoms with Gasteiger partial charge in [0.25, 0.3) is 0 Å². The lowest BCUT2D eigenvalue weighted by Crippen LogP contribution is -2.40. The van der Waals surface area contributed by atoms with Gasteiger partial charge in [0.05, 0.1) is 0 Å². The monoisotopic (exact) mass is 252 g/mol. The molecule has 18 heavy (non-hydrogen) atoms. The van der Waals surface area contributed by atoms with E-state index in [0.717, 1.165) is 12.0 Å². The van der Waals surface area contributed by atoms with Gasteiger partial charge in [-0.05, 0) is 44.7 Å². The van der Waals surface area contributed by atoms with Crippen molar-refractivity contribution < 1.29 is 0 Å². The topological polar surface area (TPSA) is 15.3 Å². The summed E-state index contributed by atoms with van der Waals surface area (Å²) in [6.07, 6.45) is 12.9. The number of hydrogen-bond acceptors (Lipinski definition) is 2. The Morgan fingerprint density at radius 1 is 0.944 bits per heavy atom. The minimum Gasteiger partial charge on any atom is -0.313 e. The summed E-state index contributed by atoms with van der Waals surface area (Å²) in [6.45, 7) is 7.50. The van der Waals surface area contributed by atoms with E-state index >= 15 is 0 Å². The average Bonchev–Trinajstić information content (AvgIpc) is 2.68. The van der Waals surface area contributed by atoms with Crippen LogP contribution in [0.5, 0.6) is 0 Å². The summed E-state index contributed by atoms with van der Waals surface area (Å²) in [6, 6.07) is 0.820. The minimum absolute atomic E-state index is 0.820. The van der Waals surface area contributed by atoms with Crippen molar-refractivity contribution in [3.63, 3.8) is 0 Å². The standard InChI is InChI=1S/C16H32N2/c1-2-15-9-12-18(13-10-15)14-11-17-16-7-5-3-4-6-8-16/h15-17H,2-14H2,1H3. The van der Waals surface area contributed by atoms with Crippen LogP contribution in [0.1, 0.15) is 64.7 Å². The van der Waals surface area contributed by atoms with Gasteiger partial charge in [-0.1, -0.05) is 39.0 Å². The first-order valence-corrected chi connectivity index (χ1v) is 8.34. The molecule has 1 N–H and O–H groups in total. The molecule has 0 radical (unpaired) electrons. The lowest BCUT2D eigenvalue weighted by atomic mass is 9.94. The molecular weight excluding hydrogens is 220 g/mol. The van der Waals surface area contributed by atoms with E-state index in [9.17, 15) is 0 Å². The molecule has 0 aromatic heterocycles. The maximum atomic E-state index is 3.79. The Hall–Kier alpha value is -0.0800. The number of rotatable bonds is 5. The lowest BCUT2D eigenvalue weighted by Gasteiger charge is -2.31. The third-order valence-electron chi connectivity index (χ3n) is 5.00. The molecule has 2 fully saturated rings. The zero-order valence-corrected chi connectivity index (χ0v) is 12.3. The summed E-state index contributed by atoms with van der Waals surface area (Å²) >= 11 is 0. The minimum atomic E-state index is 0.820. The van der Waals surface area contributed by atoms with Gasteiger partial charge in [-0.25, -0.2) is 0 Å². The smallest absolute Gasteiger partial charge is 0.0107 e. The summed E-state index contributed by atoms with van der Waals surface area (Å²) in [5.41, 5.74) is 0. The van der Waals surface area contributed by atoms with Crippen molar-refractivity contribution in [2.24, 2.45) is 5.92 Å². The van der Waals surface area contributed by atoms with Crippen molar-refractivity contribution in [3.05, 3.63) is 0 Å². The van der Waals surface area contributed by atoms with Gasteiger partial charge in [-0.15, -0.1) is 0 Å². The van der Waals surface area contributed by atoms with E-state index in [1.807, 2.05) is 0 Å². The van der Waals surface area contributed by atoms with Crippen LogP contribution in [0.15, 0.2) is 0 Å². The molecule has 0 aromatic carbocycles. The van der Waals surface area contributed by atoms with Crippen LogP contribution in [0.2, 0.25) is 0 Å². The molecule has 2 heteroatoms. The fraction of sp³-hybridized carbons (Fsp3) is 1.00. The Balaban J connectivity index is 1.55. The second-order valence-corrected chi connectivity index (χ2v) is 6.34. The predicted molar refractivity (Wildman–Crippen MR) is 78.9 cm³/mol. The van der Waals surface area contributed by atoms with E-state index in [4.69, 9.17) is 0 Å². The fourth-order valence-electron chi connectivity index (χ4n) is 3.53. The first-order chi connectivity index (χ1) is 8.88. The zero-order chi connectivity index (χ0) is 12.6. The van der Waals surface area contributed by atoms with E-state index in [2.05, 4.69) is 17.1 Å². The van der Waals surface area contributed by atoms with Gasteiger partial charge < -0.3 is 10.2 Å². The maximum absolute atomic E-state index is 3.79. The van der Waals surface area contributed by atoms with Crippen LogP contribution in [0.3, 0.4) is 0 Å². The molecule has 2 rings (SSSR count). The highest BCUT2D eigenvalue weighted by Crippen LogP contribution is 2.20. The highest BCUT2D eigenvalue weighted by Gasteiger charge is 2.17. The van der Waals surface area contributed by atoms with Gasteiger partial charge in [0.1, 0.15) is 0 Å². The van der Waals surface area contributed by atoms with E-state index in [-0.39, 0.29) is 0 Å². The number of likely N-dealkylation sites (tertiary alicyclic amines) is 1. The molecule has 0 amide bonds. The highest BCUT2D eigenvalue weighted by atomic mass is 15.1. The first-order valence-electron chi connectivity index (χ1n) is 8.34. The molecule has 0 spiro atoms. The van der Waals surface area contributed by atoms with Gasteiger partial charge in [0.15, 0.2) is 0 Å². The molecule has 1 saturated carbocycles. The molecule has 0 bridgehead atoms. The highest BCUT2D eigenvalue weighted by molar-refractivity contribution is 4.74. The molecule has 1 heterocycles. The Labute approximate surface area is 114 Å². The third-order valence-corrected chi connectivity index (χ3v) is 5.00. The van der Waals surface area contributed by atoms with Gasteiger partial charge in [0, 0.05) is 19.1 Å². The van der Waals surface area contributed by atoms with Gasteiger partial charge >= 0.3 is 0 Å².